The van der Waals surface area contributed by atoms with Gasteiger partial charge in [0.2, 0.25) is 0 Å². The summed E-state index contributed by atoms with van der Waals surface area (Å²) in [6.07, 6.45) is 4.19. The van der Waals surface area contributed by atoms with Crippen molar-refractivity contribution >= 4 is 12.2 Å². The Bertz CT molecular complexity index is 346. The molecule has 0 heteroatoms. The lowest BCUT2D eigenvalue weighted by Gasteiger charge is -1.79. The van der Waals surface area contributed by atoms with Crippen molar-refractivity contribution in [1.82, 2.24) is 0 Å². The van der Waals surface area contributed by atoms with E-state index in [0.717, 1.165) is 5.57 Å². The summed E-state index contributed by atoms with van der Waals surface area (Å²) >= 11 is 0. The number of benzene rings is 1. The fourth-order valence-electron chi connectivity index (χ4n) is 1.21. The maximum Gasteiger partial charge on any atom is -0.0178 e. The molecule has 0 aromatic heterocycles. The van der Waals surface area contributed by atoms with E-state index in [0.29, 0.717) is 0 Å². The SMILES string of the molecule is C=C1C=c2ccccc2=C1. The van der Waals surface area contributed by atoms with Crippen LogP contribution in [0.25, 0.3) is 12.2 Å². The normalized spacial score (nSPS) is 13.8. The molecule has 0 aliphatic heterocycles. The van der Waals surface area contributed by atoms with Gasteiger partial charge in [-0.25, -0.2) is 0 Å². The van der Waals surface area contributed by atoms with E-state index in [1.165, 1.54) is 10.4 Å². The summed E-state index contributed by atoms with van der Waals surface area (Å²) in [5.74, 6) is 0. The van der Waals surface area contributed by atoms with Crippen LogP contribution in [0, 0.1) is 0 Å². The molecular weight excluding hydrogens is 120 g/mol. The Balaban J connectivity index is 2.96. The van der Waals surface area contributed by atoms with Gasteiger partial charge in [0.05, 0.1) is 0 Å². The molecule has 0 bridgehead atoms. The molecule has 0 N–H and O–H groups in total. The molecule has 0 saturated carbocycles. The third-order valence-electron chi connectivity index (χ3n) is 1.68. The van der Waals surface area contributed by atoms with Crippen LogP contribution < -0.4 is 10.4 Å². The highest BCUT2D eigenvalue weighted by Gasteiger charge is 1.92. The molecule has 2 rings (SSSR count). The van der Waals surface area contributed by atoms with Gasteiger partial charge in [0, 0.05) is 0 Å². The topological polar surface area (TPSA) is 0 Å². The molecule has 0 fully saturated rings. The zero-order valence-electron chi connectivity index (χ0n) is 5.67. The van der Waals surface area contributed by atoms with Crippen molar-refractivity contribution in [3.8, 4) is 0 Å². The van der Waals surface area contributed by atoms with E-state index in [4.69, 9.17) is 0 Å². The van der Waals surface area contributed by atoms with Gasteiger partial charge in [0.25, 0.3) is 0 Å². The second-order valence-corrected chi connectivity index (χ2v) is 2.49. The zero-order chi connectivity index (χ0) is 6.97. The standard InChI is InChI=1S/C10H8/c1-8-6-9-4-2-3-5-10(9)7-8/h2-7H,1H2. The van der Waals surface area contributed by atoms with Gasteiger partial charge in [-0.05, 0) is 28.2 Å². The molecule has 10 heavy (non-hydrogen) atoms. The molecule has 1 aromatic carbocycles. The summed E-state index contributed by atoms with van der Waals surface area (Å²) in [6.45, 7) is 3.86. The first kappa shape index (κ1) is 5.48. The van der Waals surface area contributed by atoms with Gasteiger partial charge < -0.3 is 0 Å². The minimum absolute atomic E-state index is 1.10. The van der Waals surface area contributed by atoms with Crippen molar-refractivity contribution in [2.45, 2.75) is 0 Å². The van der Waals surface area contributed by atoms with E-state index in [-0.39, 0.29) is 0 Å². The van der Waals surface area contributed by atoms with Gasteiger partial charge in [-0.2, -0.15) is 0 Å². The zero-order valence-corrected chi connectivity index (χ0v) is 5.67. The van der Waals surface area contributed by atoms with Gasteiger partial charge in [0.1, 0.15) is 0 Å². The van der Waals surface area contributed by atoms with Gasteiger partial charge in [-0.1, -0.05) is 30.8 Å². The first-order valence-corrected chi connectivity index (χ1v) is 3.34. The van der Waals surface area contributed by atoms with Crippen LogP contribution >= 0.6 is 0 Å². The van der Waals surface area contributed by atoms with Crippen molar-refractivity contribution in [3.05, 3.63) is 46.9 Å². The minimum atomic E-state index is 1.10. The Hall–Kier alpha value is -1.30. The van der Waals surface area contributed by atoms with E-state index >= 15 is 0 Å². The molecule has 0 saturated heterocycles. The number of fused-ring (bicyclic) bond motifs is 1. The molecule has 0 heterocycles. The maximum atomic E-state index is 3.86. The van der Waals surface area contributed by atoms with Crippen molar-refractivity contribution in [2.24, 2.45) is 0 Å². The highest BCUT2D eigenvalue weighted by Crippen LogP contribution is 1.96. The van der Waals surface area contributed by atoms with Crippen molar-refractivity contribution in [2.75, 3.05) is 0 Å². The molecule has 0 radical (unpaired) electrons. The Morgan fingerprint density at radius 1 is 0.900 bits per heavy atom. The molecule has 0 nitrogen and oxygen atoms in total. The maximum absolute atomic E-state index is 3.86. The molecular formula is C10H8. The third-order valence-corrected chi connectivity index (χ3v) is 1.68. The molecule has 1 aliphatic carbocycles. The number of rotatable bonds is 0. The highest BCUT2D eigenvalue weighted by molar-refractivity contribution is 5.69. The lowest BCUT2D eigenvalue weighted by Crippen LogP contribution is -2.19. The summed E-state index contributed by atoms with van der Waals surface area (Å²) in [4.78, 5) is 0. The molecule has 0 unspecified atom stereocenters. The van der Waals surface area contributed by atoms with Gasteiger partial charge in [-0.15, -0.1) is 0 Å². The van der Waals surface area contributed by atoms with Crippen molar-refractivity contribution in [1.29, 1.82) is 0 Å². The molecule has 48 valence electrons. The molecule has 0 spiro atoms. The van der Waals surface area contributed by atoms with Crippen molar-refractivity contribution in [3.63, 3.8) is 0 Å². The predicted molar refractivity (Wildman–Crippen MR) is 43.8 cm³/mol. The van der Waals surface area contributed by atoms with Crippen LogP contribution in [0.3, 0.4) is 0 Å². The van der Waals surface area contributed by atoms with Crippen LogP contribution in [0.4, 0.5) is 0 Å². The van der Waals surface area contributed by atoms with Gasteiger partial charge >= 0.3 is 0 Å². The number of hydrogen-bond acceptors (Lipinski definition) is 0. The third kappa shape index (κ3) is 0.695. The Morgan fingerprint density at radius 2 is 1.40 bits per heavy atom. The van der Waals surface area contributed by atoms with Crippen LogP contribution in [0.5, 0.6) is 0 Å². The monoisotopic (exact) mass is 128 g/mol. The summed E-state index contributed by atoms with van der Waals surface area (Å²) < 4.78 is 0. The smallest absolute Gasteiger partial charge is 0.0178 e. The summed E-state index contributed by atoms with van der Waals surface area (Å²) in [5, 5.41) is 2.57. The lowest BCUT2D eigenvalue weighted by molar-refractivity contribution is 1.55. The quantitative estimate of drug-likeness (QED) is 0.485. The first-order valence-electron chi connectivity index (χ1n) is 3.34. The van der Waals surface area contributed by atoms with Gasteiger partial charge in [0.15, 0.2) is 0 Å². The average molecular weight is 128 g/mol. The number of hydrogen-bond donors (Lipinski definition) is 0. The Morgan fingerprint density at radius 3 is 1.90 bits per heavy atom. The van der Waals surface area contributed by atoms with Crippen LogP contribution in [-0.2, 0) is 0 Å². The fourth-order valence-corrected chi connectivity index (χ4v) is 1.21. The highest BCUT2D eigenvalue weighted by atomic mass is 14.0. The van der Waals surface area contributed by atoms with Crippen LogP contribution in [0.2, 0.25) is 0 Å². The molecule has 0 amide bonds. The van der Waals surface area contributed by atoms with Crippen LogP contribution in [0.1, 0.15) is 0 Å². The van der Waals surface area contributed by atoms with E-state index in [2.05, 4.69) is 30.9 Å². The second-order valence-electron chi connectivity index (χ2n) is 2.49. The van der Waals surface area contributed by atoms with E-state index in [1.807, 2.05) is 12.1 Å². The Kier molecular flexibility index (Phi) is 1.01. The van der Waals surface area contributed by atoms with E-state index < -0.39 is 0 Å². The number of allylic oxidation sites excluding steroid dienone is 1. The molecule has 1 aliphatic rings. The second kappa shape index (κ2) is 1.84. The first-order chi connectivity index (χ1) is 4.86. The largest absolute Gasteiger partial charge is 0.0917 e. The Labute approximate surface area is 59.8 Å². The molecule has 1 aromatic rings. The van der Waals surface area contributed by atoms with E-state index in [1.54, 1.807) is 0 Å². The average Bonchev–Trinajstić information content (AvgIpc) is 2.27. The van der Waals surface area contributed by atoms with Crippen molar-refractivity contribution < 1.29 is 0 Å². The predicted octanol–water partition coefficient (Wildman–Crippen LogP) is 0.817. The van der Waals surface area contributed by atoms with Gasteiger partial charge in [-0.3, -0.25) is 0 Å². The lowest BCUT2D eigenvalue weighted by atomic mass is 10.3. The van der Waals surface area contributed by atoms with Crippen LogP contribution in [0.15, 0.2) is 36.4 Å². The van der Waals surface area contributed by atoms with E-state index in [9.17, 15) is 0 Å². The summed E-state index contributed by atoms with van der Waals surface area (Å²) in [7, 11) is 0. The minimum Gasteiger partial charge on any atom is -0.0917 e. The summed E-state index contributed by atoms with van der Waals surface area (Å²) in [5.41, 5.74) is 1.10. The molecule has 0 atom stereocenters. The summed E-state index contributed by atoms with van der Waals surface area (Å²) in [6, 6.07) is 8.29. The van der Waals surface area contributed by atoms with Crippen LogP contribution in [-0.4, -0.2) is 0 Å². The fraction of sp³-hybridized carbons (Fsp3) is 0.